The molecule has 1 saturated heterocycles. The maximum Gasteiger partial charge on any atom is 0.0693 e. The van der Waals surface area contributed by atoms with E-state index in [0.717, 1.165) is 25.4 Å². The third kappa shape index (κ3) is 3.94. The number of hydrogen-bond acceptors (Lipinski definition) is 3. The number of aliphatic hydroxyl groups is 1. The minimum absolute atomic E-state index is 0.0936. The Balaban J connectivity index is 1.56. The lowest BCUT2D eigenvalue weighted by Gasteiger charge is -2.33. The summed E-state index contributed by atoms with van der Waals surface area (Å²) < 4.78 is 0. The van der Waals surface area contributed by atoms with Crippen LogP contribution in [0.25, 0.3) is 0 Å². The zero-order chi connectivity index (χ0) is 12.1. The van der Waals surface area contributed by atoms with Crippen LogP contribution < -0.4 is 5.32 Å². The first-order valence-corrected chi connectivity index (χ1v) is 7.43. The second kappa shape index (κ2) is 6.72. The first kappa shape index (κ1) is 13.3. The van der Waals surface area contributed by atoms with Crippen LogP contribution in [0.2, 0.25) is 0 Å². The third-order valence-corrected chi connectivity index (χ3v) is 4.45. The Morgan fingerprint density at radius 1 is 1.18 bits per heavy atom. The molecule has 2 rings (SSSR count). The van der Waals surface area contributed by atoms with Gasteiger partial charge >= 0.3 is 0 Å². The molecule has 0 amide bonds. The predicted octanol–water partition coefficient (Wildman–Crippen LogP) is 1.75. The SMILES string of the molecule is CC1CCCCN1CCCNC1CCCC1O. The van der Waals surface area contributed by atoms with Gasteiger partial charge < -0.3 is 15.3 Å². The van der Waals surface area contributed by atoms with Gasteiger partial charge in [-0.05, 0) is 65.1 Å². The van der Waals surface area contributed by atoms with Gasteiger partial charge in [-0.25, -0.2) is 0 Å². The lowest BCUT2D eigenvalue weighted by atomic mass is 10.0. The Kier molecular flexibility index (Phi) is 5.26. The first-order chi connectivity index (χ1) is 8.27. The molecule has 1 heterocycles. The summed E-state index contributed by atoms with van der Waals surface area (Å²) in [6, 6.07) is 1.15. The third-order valence-electron chi connectivity index (χ3n) is 4.45. The Labute approximate surface area is 106 Å². The lowest BCUT2D eigenvalue weighted by molar-refractivity contribution is 0.142. The van der Waals surface area contributed by atoms with Crippen LogP contribution in [-0.2, 0) is 0 Å². The van der Waals surface area contributed by atoms with Crippen molar-refractivity contribution in [2.45, 2.75) is 70.1 Å². The highest BCUT2D eigenvalue weighted by atomic mass is 16.3. The molecule has 0 aromatic rings. The molecular weight excluding hydrogens is 212 g/mol. The van der Waals surface area contributed by atoms with Crippen LogP contribution in [0.3, 0.4) is 0 Å². The summed E-state index contributed by atoms with van der Waals surface area (Å²) in [6.07, 6.45) is 8.60. The van der Waals surface area contributed by atoms with Crippen molar-refractivity contribution in [1.82, 2.24) is 10.2 Å². The predicted molar refractivity (Wildman–Crippen MR) is 71.2 cm³/mol. The summed E-state index contributed by atoms with van der Waals surface area (Å²) in [5, 5.41) is 13.2. The molecule has 0 aromatic carbocycles. The van der Waals surface area contributed by atoms with Crippen molar-refractivity contribution in [3.8, 4) is 0 Å². The van der Waals surface area contributed by atoms with E-state index in [1.807, 2.05) is 0 Å². The van der Waals surface area contributed by atoms with E-state index in [-0.39, 0.29) is 6.10 Å². The first-order valence-electron chi connectivity index (χ1n) is 7.43. The van der Waals surface area contributed by atoms with Crippen molar-refractivity contribution in [3.05, 3.63) is 0 Å². The molecule has 0 bridgehead atoms. The van der Waals surface area contributed by atoms with Crippen molar-refractivity contribution in [3.63, 3.8) is 0 Å². The van der Waals surface area contributed by atoms with E-state index >= 15 is 0 Å². The van der Waals surface area contributed by atoms with E-state index in [1.165, 1.54) is 45.2 Å². The molecule has 3 unspecified atom stereocenters. The zero-order valence-electron chi connectivity index (χ0n) is 11.2. The number of rotatable bonds is 5. The van der Waals surface area contributed by atoms with Crippen molar-refractivity contribution in [1.29, 1.82) is 0 Å². The highest BCUT2D eigenvalue weighted by Gasteiger charge is 2.24. The molecular formula is C14H28N2O. The summed E-state index contributed by atoms with van der Waals surface area (Å²) in [7, 11) is 0. The van der Waals surface area contributed by atoms with Gasteiger partial charge in [-0.2, -0.15) is 0 Å². The molecule has 100 valence electrons. The second-order valence-corrected chi connectivity index (χ2v) is 5.79. The highest BCUT2D eigenvalue weighted by Crippen LogP contribution is 2.19. The zero-order valence-corrected chi connectivity index (χ0v) is 11.2. The fraction of sp³-hybridized carbons (Fsp3) is 1.00. The molecule has 0 aromatic heterocycles. The quantitative estimate of drug-likeness (QED) is 0.719. The van der Waals surface area contributed by atoms with Crippen molar-refractivity contribution in [2.24, 2.45) is 0 Å². The summed E-state index contributed by atoms with van der Waals surface area (Å²) in [6.45, 7) is 5.92. The molecule has 2 N–H and O–H groups in total. The van der Waals surface area contributed by atoms with Crippen LogP contribution >= 0.6 is 0 Å². The highest BCUT2D eigenvalue weighted by molar-refractivity contribution is 4.82. The van der Waals surface area contributed by atoms with Crippen LogP contribution in [0.15, 0.2) is 0 Å². The number of aliphatic hydroxyl groups excluding tert-OH is 1. The molecule has 2 fully saturated rings. The number of nitrogens with zero attached hydrogens (tertiary/aromatic N) is 1. The van der Waals surface area contributed by atoms with Gasteiger partial charge in [-0.1, -0.05) is 6.42 Å². The summed E-state index contributed by atoms with van der Waals surface area (Å²) in [4.78, 5) is 2.62. The molecule has 3 heteroatoms. The van der Waals surface area contributed by atoms with Crippen molar-refractivity contribution in [2.75, 3.05) is 19.6 Å². The van der Waals surface area contributed by atoms with Gasteiger partial charge in [0.05, 0.1) is 6.10 Å². The molecule has 0 radical (unpaired) electrons. The fourth-order valence-corrected chi connectivity index (χ4v) is 3.24. The normalized spacial score (nSPS) is 35.3. The Morgan fingerprint density at radius 2 is 2.06 bits per heavy atom. The minimum Gasteiger partial charge on any atom is -0.392 e. The summed E-state index contributed by atoms with van der Waals surface area (Å²) in [5.41, 5.74) is 0. The monoisotopic (exact) mass is 240 g/mol. The van der Waals surface area contributed by atoms with Crippen LogP contribution in [0.4, 0.5) is 0 Å². The van der Waals surface area contributed by atoms with Gasteiger partial charge in [-0.3, -0.25) is 0 Å². The molecule has 2 aliphatic rings. The molecule has 3 nitrogen and oxygen atoms in total. The lowest BCUT2D eigenvalue weighted by Crippen LogP contribution is -2.40. The van der Waals surface area contributed by atoms with Crippen LogP contribution in [-0.4, -0.2) is 47.8 Å². The van der Waals surface area contributed by atoms with Gasteiger partial charge in [-0.15, -0.1) is 0 Å². The number of nitrogens with one attached hydrogen (secondary N) is 1. The molecule has 17 heavy (non-hydrogen) atoms. The molecule has 1 saturated carbocycles. The van der Waals surface area contributed by atoms with Crippen LogP contribution in [0.5, 0.6) is 0 Å². The Hall–Kier alpha value is -0.120. The smallest absolute Gasteiger partial charge is 0.0693 e. The van der Waals surface area contributed by atoms with E-state index in [9.17, 15) is 5.11 Å². The Morgan fingerprint density at radius 3 is 2.76 bits per heavy atom. The van der Waals surface area contributed by atoms with E-state index in [0.29, 0.717) is 6.04 Å². The summed E-state index contributed by atoms with van der Waals surface area (Å²) in [5.74, 6) is 0. The standard InChI is InChI=1S/C14H28N2O/c1-12-6-2-3-10-16(12)11-5-9-15-13-7-4-8-14(13)17/h12-15,17H,2-11H2,1H3. The molecule has 1 aliphatic carbocycles. The van der Waals surface area contributed by atoms with Gasteiger partial charge in [0.2, 0.25) is 0 Å². The van der Waals surface area contributed by atoms with E-state index in [2.05, 4.69) is 17.1 Å². The topological polar surface area (TPSA) is 35.5 Å². The molecule has 3 atom stereocenters. The van der Waals surface area contributed by atoms with Gasteiger partial charge in [0.15, 0.2) is 0 Å². The van der Waals surface area contributed by atoms with E-state index in [1.54, 1.807) is 0 Å². The minimum atomic E-state index is -0.0936. The van der Waals surface area contributed by atoms with Crippen molar-refractivity contribution < 1.29 is 5.11 Å². The fourth-order valence-electron chi connectivity index (χ4n) is 3.24. The van der Waals surface area contributed by atoms with Crippen LogP contribution in [0, 0.1) is 0 Å². The average molecular weight is 240 g/mol. The molecule has 1 aliphatic heterocycles. The van der Waals surface area contributed by atoms with E-state index in [4.69, 9.17) is 0 Å². The molecule has 0 spiro atoms. The number of hydrogen-bond donors (Lipinski definition) is 2. The van der Waals surface area contributed by atoms with Crippen LogP contribution in [0.1, 0.15) is 51.9 Å². The summed E-state index contributed by atoms with van der Waals surface area (Å²) >= 11 is 0. The Bertz CT molecular complexity index is 222. The largest absolute Gasteiger partial charge is 0.392 e. The van der Waals surface area contributed by atoms with Gasteiger partial charge in [0.25, 0.3) is 0 Å². The van der Waals surface area contributed by atoms with Gasteiger partial charge in [0, 0.05) is 12.1 Å². The van der Waals surface area contributed by atoms with E-state index < -0.39 is 0 Å². The average Bonchev–Trinajstić information content (AvgIpc) is 2.73. The van der Waals surface area contributed by atoms with Crippen molar-refractivity contribution >= 4 is 0 Å². The maximum absolute atomic E-state index is 9.71. The van der Waals surface area contributed by atoms with Gasteiger partial charge in [0.1, 0.15) is 0 Å². The number of piperidine rings is 1. The maximum atomic E-state index is 9.71. The number of likely N-dealkylation sites (tertiary alicyclic amines) is 1. The second-order valence-electron chi connectivity index (χ2n) is 5.79.